The fraction of sp³-hybridized carbons (Fsp3) is 0.0476. The molecule has 1 aliphatic rings. The summed E-state index contributed by atoms with van der Waals surface area (Å²) in [6, 6.07) is 19.1. The van der Waals surface area contributed by atoms with E-state index in [0.717, 1.165) is 23.4 Å². The molecule has 0 aliphatic heterocycles. The number of thiophene rings is 1. The molecule has 24 heavy (non-hydrogen) atoms. The van der Waals surface area contributed by atoms with Crippen molar-refractivity contribution < 1.29 is 0 Å². The summed E-state index contributed by atoms with van der Waals surface area (Å²) in [7, 11) is 0. The Morgan fingerprint density at radius 1 is 0.917 bits per heavy atom. The van der Waals surface area contributed by atoms with Crippen molar-refractivity contribution in [3.05, 3.63) is 83.5 Å². The van der Waals surface area contributed by atoms with Crippen LogP contribution in [0, 0.1) is 0 Å². The lowest BCUT2D eigenvalue weighted by Gasteiger charge is -2.10. The van der Waals surface area contributed by atoms with Crippen molar-refractivity contribution in [2.45, 2.75) is 6.42 Å². The van der Waals surface area contributed by atoms with Gasteiger partial charge in [0.2, 0.25) is 0 Å². The second-order valence-electron chi connectivity index (χ2n) is 5.94. The topological polar surface area (TPSA) is 25.8 Å². The van der Waals surface area contributed by atoms with E-state index in [2.05, 4.69) is 58.9 Å². The van der Waals surface area contributed by atoms with Gasteiger partial charge in [0.15, 0.2) is 0 Å². The molecule has 0 N–H and O–H groups in total. The number of aromatic nitrogens is 2. The van der Waals surface area contributed by atoms with Gasteiger partial charge in [-0.25, -0.2) is 4.98 Å². The molecule has 0 atom stereocenters. The Morgan fingerprint density at radius 2 is 1.88 bits per heavy atom. The molecule has 3 heteroatoms. The van der Waals surface area contributed by atoms with E-state index in [-0.39, 0.29) is 0 Å². The molecule has 5 rings (SSSR count). The number of fused-ring (bicyclic) bond motifs is 3. The van der Waals surface area contributed by atoms with Gasteiger partial charge in [-0.15, -0.1) is 11.3 Å². The van der Waals surface area contributed by atoms with Crippen molar-refractivity contribution in [3.63, 3.8) is 0 Å². The molecule has 2 nitrogen and oxygen atoms in total. The minimum atomic E-state index is 0.957. The highest BCUT2D eigenvalue weighted by molar-refractivity contribution is 7.13. The smallest absolute Gasteiger partial charge is 0.0754 e. The van der Waals surface area contributed by atoms with Crippen LogP contribution in [0.3, 0.4) is 0 Å². The molecule has 0 unspecified atom stereocenters. The van der Waals surface area contributed by atoms with Gasteiger partial charge >= 0.3 is 0 Å². The molecule has 1 aliphatic carbocycles. The molecule has 0 radical (unpaired) electrons. The summed E-state index contributed by atoms with van der Waals surface area (Å²) in [4.78, 5) is 10.6. The fourth-order valence-electron chi connectivity index (χ4n) is 3.38. The van der Waals surface area contributed by atoms with Gasteiger partial charge in [-0.05, 0) is 46.3 Å². The Kier molecular flexibility index (Phi) is 3.06. The number of pyridine rings is 2. The van der Waals surface area contributed by atoms with Gasteiger partial charge in [-0.3, -0.25) is 4.98 Å². The molecule has 0 saturated heterocycles. The first kappa shape index (κ1) is 13.6. The molecule has 0 saturated carbocycles. The van der Waals surface area contributed by atoms with Crippen molar-refractivity contribution >= 4 is 11.3 Å². The van der Waals surface area contributed by atoms with Crippen LogP contribution < -0.4 is 0 Å². The zero-order valence-corrected chi connectivity index (χ0v) is 13.8. The Hall–Kier alpha value is -2.78. The number of rotatable bonds is 2. The summed E-state index contributed by atoms with van der Waals surface area (Å²) in [5.74, 6) is 0. The predicted molar refractivity (Wildman–Crippen MR) is 99.0 cm³/mol. The summed E-state index contributed by atoms with van der Waals surface area (Å²) in [6.07, 6.45) is 4.64. The van der Waals surface area contributed by atoms with Crippen LogP contribution >= 0.6 is 11.3 Å². The van der Waals surface area contributed by atoms with E-state index in [1.807, 2.05) is 12.3 Å². The maximum absolute atomic E-state index is 5.00. The van der Waals surface area contributed by atoms with Crippen LogP contribution in [0.4, 0.5) is 0 Å². The third-order valence-corrected chi connectivity index (χ3v) is 5.41. The Labute approximate surface area is 144 Å². The van der Waals surface area contributed by atoms with Crippen molar-refractivity contribution in [1.29, 1.82) is 0 Å². The van der Waals surface area contributed by atoms with Crippen molar-refractivity contribution in [2.24, 2.45) is 0 Å². The van der Waals surface area contributed by atoms with Crippen LogP contribution in [0.25, 0.3) is 33.0 Å². The maximum Gasteiger partial charge on any atom is 0.0754 e. The quantitative estimate of drug-likeness (QED) is 0.431. The second kappa shape index (κ2) is 5.39. The summed E-state index contributed by atoms with van der Waals surface area (Å²) in [6.45, 7) is 0. The van der Waals surface area contributed by atoms with E-state index < -0.39 is 0 Å². The van der Waals surface area contributed by atoms with Gasteiger partial charge in [-0.2, -0.15) is 0 Å². The third-order valence-electron chi connectivity index (χ3n) is 4.51. The van der Waals surface area contributed by atoms with Crippen molar-refractivity contribution in [2.75, 3.05) is 0 Å². The van der Waals surface area contributed by atoms with Gasteiger partial charge < -0.3 is 0 Å². The maximum atomic E-state index is 5.00. The van der Waals surface area contributed by atoms with E-state index in [1.165, 1.54) is 27.1 Å². The molecule has 114 valence electrons. The first-order valence-electron chi connectivity index (χ1n) is 7.96. The largest absolute Gasteiger partial charge is 0.264 e. The minimum absolute atomic E-state index is 0.957. The van der Waals surface area contributed by atoms with Gasteiger partial charge in [0.1, 0.15) is 0 Å². The molecule has 0 fully saturated rings. The first-order chi connectivity index (χ1) is 11.9. The van der Waals surface area contributed by atoms with Crippen LogP contribution in [-0.2, 0) is 6.42 Å². The average molecular weight is 326 g/mol. The van der Waals surface area contributed by atoms with E-state index in [1.54, 1.807) is 17.5 Å². The lowest BCUT2D eigenvalue weighted by atomic mass is 10.0. The SMILES string of the molecule is c1cncc(-c2cc(-c3cccs3)c3c(n2)-c2ccccc2C3)c1. The lowest BCUT2D eigenvalue weighted by Crippen LogP contribution is -1.93. The molecule has 3 heterocycles. The molecule has 0 bridgehead atoms. The van der Waals surface area contributed by atoms with Crippen LogP contribution in [0.1, 0.15) is 11.1 Å². The molecule has 0 amide bonds. The minimum Gasteiger partial charge on any atom is -0.264 e. The van der Waals surface area contributed by atoms with Crippen LogP contribution in [0.5, 0.6) is 0 Å². The molecule has 1 aromatic carbocycles. The summed E-state index contributed by atoms with van der Waals surface area (Å²) >= 11 is 1.78. The van der Waals surface area contributed by atoms with Gasteiger partial charge in [0, 0.05) is 34.8 Å². The zero-order valence-electron chi connectivity index (χ0n) is 12.9. The van der Waals surface area contributed by atoms with E-state index in [4.69, 9.17) is 4.98 Å². The van der Waals surface area contributed by atoms with Crippen LogP contribution in [0.15, 0.2) is 72.4 Å². The van der Waals surface area contributed by atoms with E-state index in [9.17, 15) is 0 Å². The molecular weight excluding hydrogens is 312 g/mol. The normalized spacial score (nSPS) is 12.0. The van der Waals surface area contributed by atoms with Gasteiger partial charge in [-0.1, -0.05) is 30.3 Å². The highest BCUT2D eigenvalue weighted by Crippen LogP contribution is 2.43. The van der Waals surface area contributed by atoms with Crippen molar-refractivity contribution in [3.8, 4) is 33.0 Å². The average Bonchev–Trinajstić information content (AvgIpc) is 3.29. The number of hydrogen-bond acceptors (Lipinski definition) is 3. The highest BCUT2D eigenvalue weighted by atomic mass is 32.1. The summed E-state index contributed by atoms with van der Waals surface area (Å²) in [5, 5.41) is 2.13. The highest BCUT2D eigenvalue weighted by Gasteiger charge is 2.24. The zero-order chi connectivity index (χ0) is 15.9. The summed E-state index contributed by atoms with van der Waals surface area (Å²) in [5.41, 5.74) is 8.42. The van der Waals surface area contributed by atoms with E-state index >= 15 is 0 Å². The standard InChI is InChI=1S/C21H14N2S/c1-2-7-16-14(5-1)11-18-17(20-8-4-10-24-20)12-19(23-21(16)18)15-6-3-9-22-13-15/h1-10,12-13H,11H2. The van der Waals surface area contributed by atoms with Crippen LogP contribution in [0.2, 0.25) is 0 Å². The molecule has 3 aromatic heterocycles. The lowest BCUT2D eigenvalue weighted by molar-refractivity contribution is 1.23. The first-order valence-corrected chi connectivity index (χ1v) is 8.84. The Balaban J connectivity index is 1.80. The Morgan fingerprint density at radius 3 is 2.71 bits per heavy atom. The van der Waals surface area contributed by atoms with Gasteiger partial charge in [0.05, 0.1) is 11.4 Å². The fourth-order valence-corrected chi connectivity index (χ4v) is 4.15. The molecule has 0 spiro atoms. The Bertz CT molecular complexity index is 1020. The van der Waals surface area contributed by atoms with Gasteiger partial charge in [0.25, 0.3) is 0 Å². The molecular formula is C21H14N2S. The number of benzene rings is 1. The second-order valence-corrected chi connectivity index (χ2v) is 6.88. The number of nitrogens with zero attached hydrogens (tertiary/aromatic N) is 2. The van der Waals surface area contributed by atoms with Crippen LogP contribution in [-0.4, -0.2) is 9.97 Å². The molecule has 4 aromatic rings. The third kappa shape index (κ3) is 2.09. The van der Waals surface area contributed by atoms with Crippen molar-refractivity contribution in [1.82, 2.24) is 9.97 Å². The number of hydrogen-bond donors (Lipinski definition) is 0. The predicted octanol–water partition coefficient (Wildman–Crippen LogP) is 5.44. The monoisotopic (exact) mass is 326 g/mol. The van der Waals surface area contributed by atoms with E-state index in [0.29, 0.717) is 0 Å². The summed E-state index contributed by atoms with van der Waals surface area (Å²) < 4.78 is 0.